The summed E-state index contributed by atoms with van der Waals surface area (Å²) in [7, 11) is 0. The largest absolute Gasteiger partial charge is 0.486 e. The third kappa shape index (κ3) is 4.43. The van der Waals surface area contributed by atoms with Gasteiger partial charge in [-0.1, -0.05) is 35.9 Å². The molecular formula is C26H21ClN2O5. The lowest BCUT2D eigenvalue weighted by Crippen LogP contribution is -2.28. The number of carbonyl (C=O) groups is 2. The molecule has 2 N–H and O–H groups in total. The van der Waals surface area contributed by atoms with Crippen LogP contribution in [-0.2, 0) is 4.79 Å². The van der Waals surface area contributed by atoms with E-state index in [1.165, 1.54) is 0 Å². The van der Waals surface area contributed by atoms with Gasteiger partial charge in [0.1, 0.15) is 13.2 Å². The molecule has 1 atom stereocenters. The molecule has 7 nitrogen and oxygen atoms in total. The minimum Gasteiger partial charge on any atom is -0.486 e. The number of hydrogen-bond donors (Lipinski definition) is 2. The molecule has 2 aliphatic rings. The van der Waals surface area contributed by atoms with E-state index in [2.05, 4.69) is 10.6 Å². The Morgan fingerprint density at radius 1 is 1.03 bits per heavy atom. The Bertz CT molecular complexity index is 1320. The van der Waals surface area contributed by atoms with E-state index >= 15 is 0 Å². The second kappa shape index (κ2) is 9.11. The molecule has 0 saturated heterocycles. The summed E-state index contributed by atoms with van der Waals surface area (Å²) in [4.78, 5) is 25.4. The number of amides is 2. The lowest BCUT2D eigenvalue weighted by Gasteiger charge is -2.22. The van der Waals surface area contributed by atoms with E-state index in [0.29, 0.717) is 52.3 Å². The summed E-state index contributed by atoms with van der Waals surface area (Å²) >= 11 is 6.18. The summed E-state index contributed by atoms with van der Waals surface area (Å²) < 4.78 is 16.9. The monoisotopic (exact) mass is 476 g/mol. The zero-order chi connectivity index (χ0) is 23.7. The van der Waals surface area contributed by atoms with Gasteiger partial charge >= 0.3 is 0 Å². The van der Waals surface area contributed by atoms with Gasteiger partial charge in [-0.3, -0.25) is 9.59 Å². The maximum absolute atomic E-state index is 12.9. The van der Waals surface area contributed by atoms with Crippen molar-refractivity contribution >= 4 is 35.2 Å². The molecule has 0 bridgehead atoms. The van der Waals surface area contributed by atoms with Crippen LogP contribution >= 0.6 is 11.6 Å². The molecule has 172 valence electrons. The highest BCUT2D eigenvalue weighted by molar-refractivity contribution is 6.32. The first-order valence-electron chi connectivity index (χ1n) is 10.8. The molecule has 0 spiro atoms. The van der Waals surface area contributed by atoms with E-state index in [0.717, 1.165) is 5.56 Å². The van der Waals surface area contributed by atoms with E-state index in [1.54, 1.807) is 36.4 Å². The highest BCUT2D eigenvalue weighted by atomic mass is 35.5. The molecule has 3 aromatic carbocycles. The molecule has 0 fully saturated rings. The number of fused-ring (bicyclic) bond motifs is 2. The van der Waals surface area contributed by atoms with Crippen LogP contribution in [0, 0.1) is 0 Å². The zero-order valence-corrected chi connectivity index (χ0v) is 19.0. The van der Waals surface area contributed by atoms with Crippen molar-refractivity contribution in [2.75, 3.05) is 18.5 Å². The van der Waals surface area contributed by atoms with Crippen molar-refractivity contribution < 1.29 is 23.8 Å². The molecule has 0 aromatic heterocycles. The minimum absolute atomic E-state index is 0.116. The number of ether oxygens (including phenoxy) is 3. The van der Waals surface area contributed by atoms with Crippen molar-refractivity contribution in [2.45, 2.75) is 13.0 Å². The molecule has 2 aliphatic heterocycles. The fraction of sp³-hybridized carbons (Fsp3) is 0.154. The van der Waals surface area contributed by atoms with E-state index in [1.807, 2.05) is 37.3 Å². The van der Waals surface area contributed by atoms with Gasteiger partial charge in [0.05, 0.1) is 11.7 Å². The Morgan fingerprint density at radius 2 is 1.79 bits per heavy atom. The quantitative estimate of drug-likeness (QED) is 0.519. The number of benzene rings is 3. The standard InChI is InChI=1S/C26H21ClN2O5/c1-15(16-6-9-22-23(13-16)33-11-10-32-22)28-25(30)18-7-8-21-20(12-18)29-26(31)24(34-21)14-17-4-2-3-5-19(17)27/h2-9,12-15H,10-11H2,1H3,(H,28,30)(H,29,31)/b24-14-/t15-/m1/s1. The first kappa shape index (κ1) is 21.9. The van der Waals surface area contributed by atoms with Crippen LogP contribution in [0.25, 0.3) is 6.08 Å². The molecule has 5 rings (SSSR count). The molecule has 8 heteroatoms. The average molecular weight is 477 g/mol. The molecule has 0 radical (unpaired) electrons. The Labute approximate surface area is 201 Å². The van der Waals surface area contributed by atoms with Gasteiger partial charge in [-0.05, 0) is 60.5 Å². The second-order valence-electron chi connectivity index (χ2n) is 7.90. The van der Waals surface area contributed by atoms with Gasteiger partial charge in [0.15, 0.2) is 23.0 Å². The Balaban J connectivity index is 1.31. The molecule has 0 unspecified atom stereocenters. The molecule has 0 saturated carbocycles. The van der Waals surface area contributed by atoms with Crippen molar-refractivity contribution in [1.29, 1.82) is 0 Å². The van der Waals surface area contributed by atoms with E-state index < -0.39 is 5.91 Å². The van der Waals surface area contributed by atoms with E-state index in [9.17, 15) is 9.59 Å². The third-order valence-electron chi connectivity index (χ3n) is 5.54. The number of hydrogen-bond acceptors (Lipinski definition) is 5. The maximum atomic E-state index is 12.9. The van der Waals surface area contributed by atoms with Gasteiger partial charge in [-0.25, -0.2) is 0 Å². The molecular weight excluding hydrogens is 456 g/mol. The average Bonchev–Trinajstić information content (AvgIpc) is 2.85. The number of halogens is 1. The van der Waals surface area contributed by atoms with E-state index in [-0.39, 0.29) is 17.7 Å². The molecule has 3 aromatic rings. The Hall–Kier alpha value is -3.97. The van der Waals surface area contributed by atoms with Gasteiger partial charge in [-0.2, -0.15) is 0 Å². The van der Waals surface area contributed by atoms with Gasteiger partial charge in [0.2, 0.25) is 0 Å². The van der Waals surface area contributed by atoms with Crippen LogP contribution in [0.4, 0.5) is 5.69 Å². The topological polar surface area (TPSA) is 85.9 Å². The van der Waals surface area contributed by atoms with E-state index in [4.69, 9.17) is 25.8 Å². The van der Waals surface area contributed by atoms with Gasteiger partial charge < -0.3 is 24.8 Å². The van der Waals surface area contributed by atoms with Crippen LogP contribution in [-0.4, -0.2) is 25.0 Å². The summed E-state index contributed by atoms with van der Waals surface area (Å²) in [5, 5.41) is 6.26. The highest BCUT2D eigenvalue weighted by Crippen LogP contribution is 2.34. The maximum Gasteiger partial charge on any atom is 0.291 e. The van der Waals surface area contributed by atoms with Crippen LogP contribution < -0.4 is 24.8 Å². The summed E-state index contributed by atoms with van der Waals surface area (Å²) in [6.45, 7) is 2.91. The summed E-state index contributed by atoms with van der Waals surface area (Å²) in [5.41, 5.74) is 2.37. The number of anilines is 1. The first-order valence-corrected chi connectivity index (χ1v) is 11.2. The zero-order valence-electron chi connectivity index (χ0n) is 18.3. The lowest BCUT2D eigenvalue weighted by molar-refractivity contribution is -0.115. The van der Waals surface area contributed by atoms with Crippen LogP contribution in [0.5, 0.6) is 17.2 Å². The summed E-state index contributed by atoms with van der Waals surface area (Å²) in [5.74, 6) is 1.21. The number of rotatable bonds is 4. The number of carbonyl (C=O) groups excluding carboxylic acids is 2. The third-order valence-corrected chi connectivity index (χ3v) is 5.88. The van der Waals surface area contributed by atoms with Crippen molar-refractivity contribution in [1.82, 2.24) is 5.32 Å². The number of nitrogens with one attached hydrogen (secondary N) is 2. The Kier molecular flexibility index (Phi) is 5.86. The summed E-state index contributed by atoms with van der Waals surface area (Å²) in [6, 6.07) is 17.4. The molecule has 0 aliphatic carbocycles. The Morgan fingerprint density at radius 3 is 2.62 bits per heavy atom. The smallest absolute Gasteiger partial charge is 0.291 e. The van der Waals surface area contributed by atoms with Gasteiger partial charge in [0, 0.05) is 10.6 Å². The minimum atomic E-state index is -0.422. The van der Waals surface area contributed by atoms with Crippen LogP contribution in [0.2, 0.25) is 5.02 Å². The SMILES string of the molecule is C[C@@H](NC(=O)c1ccc2c(c1)NC(=O)/C(=C/c1ccccc1Cl)O2)c1ccc2c(c1)OCCO2. The molecule has 2 heterocycles. The van der Waals surface area contributed by atoms with Crippen molar-refractivity contribution in [3.8, 4) is 17.2 Å². The van der Waals surface area contributed by atoms with Crippen LogP contribution in [0.1, 0.15) is 34.5 Å². The fourth-order valence-corrected chi connectivity index (χ4v) is 3.92. The predicted octanol–water partition coefficient (Wildman–Crippen LogP) is 4.97. The van der Waals surface area contributed by atoms with Crippen molar-refractivity contribution in [3.05, 3.63) is 88.1 Å². The lowest BCUT2D eigenvalue weighted by atomic mass is 10.1. The molecule has 34 heavy (non-hydrogen) atoms. The normalized spacial score (nSPS) is 16.2. The fourth-order valence-electron chi connectivity index (χ4n) is 3.73. The molecule has 2 amide bonds. The first-order chi connectivity index (χ1) is 16.5. The highest BCUT2D eigenvalue weighted by Gasteiger charge is 2.24. The van der Waals surface area contributed by atoms with Crippen molar-refractivity contribution in [2.24, 2.45) is 0 Å². The van der Waals surface area contributed by atoms with Crippen LogP contribution in [0.3, 0.4) is 0 Å². The van der Waals surface area contributed by atoms with Gasteiger partial charge in [0.25, 0.3) is 11.8 Å². The predicted molar refractivity (Wildman–Crippen MR) is 128 cm³/mol. The van der Waals surface area contributed by atoms with Crippen LogP contribution in [0.15, 0.2) is 66.4 Å². The second-order valence-corrected chi connectivity index (χ2v) is 8.30. The summed E-state index contributed by atoms with van der Waals surface area (Å²) in [6.07, 6.45) is 1.58. The van der Waals surface area contributed by atoms with Crippen molar-refractivity contribution in [3.63, 3.8) is 0 Å². The van der Waals surface area contributed by atoms with Gasteiger partial charge in [-0.15, -0.1) is 0 Å².